The molecule has 8 heteroatoms. The van der Waals surface area contributed by atoms with E-state index in [0.29, 0.717) is 62.0 Å². The number of benzene rings is 1. The highest BCUT2D eigenvalue weighted by molar-refractivity contribution is 6.35. The molecule has 1 aliphatic heterocycles. The molecule has 0 bridgehead atoms. The van der Waals surface area contributed by atoms with Crippen LogP contribution in [-0.4, -0.2) is 60.7 Å². The number of nitrogens with zero attached hydrogens (tertiary/aromatic N) is 2. The summed E-state index contributed by atoms with van der Waals surface area (Å²) < 4.78 is 0. The lowest BCUT2D eigenvalue weighted by Gasteiger charge is -2.34. The molecule has 0 unspecified atom stereocenters. The molecule has 2 aliphatic rings. The van der Waals surface area contributed by atoms with Gasteiger partial charge in [0, 0.05) is 42.8 Å². The number of hydrogen-bond donors (Lipinski definition) is 1. The Balaban J connectivity index is 1.52. The summed E-state index contributed by atoms with van der Waals surface area (Å²) in [7, 11) is 0. The molecule has 1 aliphatic carbocycles. The van der Waals surface area contributed by atoms with E-state index in [0.717, 1.165) is 12.0 Å². The molecule has 1 saturated heterocycles. The second-order valence-corrected chi connectivity index (χ2v) is 7.60. The van der Waals surface area contributed by atoms with Gasteiger partial charge in [0.05, 0.1) is 0 Å². The van der Waals surface area contributed by atoms with Crippen molar-refractivity contribution in [2.75, 3.05) is 32.7 Å². The summed E-state index contributed by atoms with van der Waals surface area (Å²) in [4.78, 5) is 39.5. The summed E-state index contributed by atoms with van der Waals surface area (Å²) in [5.41, 5.74) is -0.0230. The lowest BCUT2D eigenvalue weighted by atomic mass is 10.0. The van der Waals surface area contributed by atoms with Crippen LogP contribution in [0.1, 0.15) is 18.4 Å². The maximum atomic E-state index is 12.8. The second kappa shape index (κ2) is 7.84. The molecule has 1 N–H and O–H groups in total. The monoisotopic (exact) mass is 397 g/mol. The van der Waals surface area contributed by atoms with Crippen LogP contribution < -0.4 is 5.32 Å². The minimum Gasteiger partial charge on any atom is -0.355 e. The summed E-state index contributed by atoms with van der Waals surface area (Å²) in [5.74, 6) is -0.338. The van der Waals surface area contributed by atoms with Crippen molar-refractivity contribution in [2.45, 2.75) is 19.3 Å². The van der Waals surface area contributed by atoms with Gasteiger partial charge in [0.15, 0.2) is 0 Å². The van der Waals surface area contributed by atoms with Crippen LogP contribution in [0.4, 0.5) is 0 Å². The topological polar surface area (TPSA) is 69.7 Å². The molecule has 0 aromatic heterocycles. The van der Waals surface area contributed by atoms with Crippen molar-refractivity contribution >= 4 is 41.4 Å². The van der Waals surface area contributed by atoms with E-state index in [1.807, 2.05) is 6.07 Å². The largest absolute Gasteiger partial charge is 0.355 e. The van der Waals surface area contributed by atoms with Crippen LogP contribution in [-0.2, 0) is 20.8 Å². The number of halogens is 2. The molecule has 0 radical (unpaired) electrons. The Morgan fingerprint density at radius 1 is 1.15 bits per heavy atom. The zero-order valence-corrected chi connectivity index (χ0v) is 15.9. The smallest absolute Gasteiger partial charge is 0.238 e. The normalized spacial score (nSPS) is 18.4. The van der Waals surface area contributed by atoms with Crippen molar-refractivity contribution in [1.82, 2.24) is 15.1 Å². The van der Waals surface area contributed by atoms with E-state index in [2.05, 4.69) is 5.32 Å². The highest BCUT2D eigenvalue weighted by Gasteiger charge is 2.58. The number of carbonyl (C=O) groups is 3. The zero-order valence-electron chi connectivity index (χ0n) is 14.3. The third kappa shape index (κ3) is 3.96. The SMILES string of the molecule is O=CN1CCN(C(=O)C2(C(=O)NCCc3ccc(Cl)cc3Cl)CC2)CC1. The van der Waals surface area contributed by atoms with E-state index >= 15 is 0 Å². The van der Waals surface area contributed by atoms with E-state index in [1.54, 1.807) is 21.9 Å². The molecule has 0 spiro atoms. The molecule has 1 saturated carbocycles. The fourth-order valence-corrected chi connectivity index (χ4v) is 3.70. The van der Waals surface area contributed by atoms with E-state index in [1.165, 1.54) is 0 Å². The predicted octanol–water partition coefficient (Wildman–Crippen LogP) is 1.73. The van der Waals surface area contributed by atoms with E-state index in [9.17, 15) is 14.4 Å². The van der Waals surface area contributed by atoms with Crippen LogP contribution in [0, 0.1) is 5.41 Å². The van der Waals surface area contributed by atoms with Crippen molar-refractivity contribution in [3.05, 3.63) is 33.8 Å². The number of nitrogens with one attached hydrogen (secondary N) is 1. The lowest BCUT2D eigenvalue weighted by molar-refractivity contribution is -0.146. The van der Waals surface area contributed by atoms with Crippen LogP contribution in [0.25, 0.3) is 0 Å². The molecule has 26 heavy (non-hydrogen) atoms. The Labute approximate surface area is 162 Å². The fraction of sp³-hybridized carbons (Fsp3) is 0.500. The summed E-state index contributed by atoms with van der Waals surface area (Å²) in [5, 5.41) is 4.01. The molecule has 1 aromatic carbocycles. The van der Waals surface area contributed by atoms with Crippen LogP contribution in [0.15, 0.2) is 18.2 Å². The van der Waals surface area contributed by atoms with Gasteiger partial charge in [0.25, 0.3) is 0 Å². The van der Waals surface area contributed by atoms with Gasteiger partial charge in [0.2, 0.25) is 18.2 Å². The van der Waals surface area contributed by atoms with Gasteiger partial charge in [-0.15, -0.1) is 0 Å². The Hall–Kier alpha value is -1.79. The van der Waals surface area contributed by atoms with Crippen LogP contribution in [0.5, 0.6) is 0 Å². The standard InChI is InChI=1S/C18H21Cl2N3O3/c19-14-2-1-13(15(20)11-14)3-6-21-16(25)18(4-5-18)17(26)23-9-7-22(12-24)8-10-23/h1-2,11-12H,3-10H2,(H,21,25). The third-order valence-corrected chi connectivity index (χ3v) is 5.63. The van der Waals surface area contributed by atoms with E-state index in [-0.39, 0.29) is 11.8 Å². The molecule has 3 amide bonds. The first-order chi connectivity index (χ1) is 12.5. The molecule has 140 valence electrons. The van der Waals surface area contributed by atoms with Crippen molar-refractivity contribution in [2.24, 2.45) is 5.41 Å². The molecule has 0 atom stereocenters. The predicted molar refractivity (Wildman–Crippen MR) is 99.1 cm³/mol. The molecule has 3 rings (SSSR count). The first-order valence-electron chi connectivity index (χ1n) is 8.67. The van der Waals surface area contributed by atoms with Crippen molar-refractivity contribution < 1.29 is 14.4 Å². The van der Waals surface area contributed by atoms with Crippen molar-refractivity contribution in [3.63, 3.8) is 0 Å². The lowest BCUT2D eigenvalue weighted by Crippen LogP contribution is -2.53. The van der Waals surface area contributed by atoms with Crippen molar-refractivity contribution in [1.29, 1.82) is 0 Å². The zero-order chi connectivity index (χ0) is 18.7. The number of carbonyl (C=O) groups excluding carboxylic acids is 3. The number of rotatable bonds is 6. The molecule has 6 nitrogen and oxygen atoms in total. The quantitative estimate of drug-likeness (QED) is 0.586. The number of hydrogen-bond acceptors (Lipinski definition) is 3. The Bertz CT molecular complexity index is 714. The molecule has 2 fully saturated rings. The highest BCUT2D eigenvalue weighted by Crippen LogP contribution is 2.47. The Morgan fingerprint density at radius 2 is 1.85 bits per heavy atom. The first-order valence-corrected chi connectivity index (χ1v) is 9.43. The van der Waals surface area contributed by atoms with Gasteiger partial charge < -0.3 is 15.1 Å². The van der Waals surface area contributed by atoms with Crippen LogP contribution in [0.3, 0.4) is 0 Å². The van der Waals surface area contributed by atoms with Crippen LogP contribution >= 0.6 is 23.2 Å². The van der Waals surface area contributed by atoms with E-state index < -0.39 is 5.41 Å². The van der Waals surface area contributed by atoms with Crippen molar-refractivity contribution in [3.8, 4) is 0 Å². The Morgan fingerprint density at radius 3 is 2.42 bits per heavy atom. The fourth-order valence-electron chi connectivity index (χ4n) is 3.20. The van der Waals surface area contributed by atoms with Gasteiger partial charge in [-0.3, -0.25) is 14.4 Å². The van der Waals surface area contributed by atoms with Gasteiger partial charge in [0.1, 0.15) is 5.41 Å². The average molecular weight is 398 g/mol. The highest BCUT2D eigenvalue weighted by atomic mass is 35.5. The number of piperazine rings is 1. The summed E-state index contributed by atoms with van der Waals surface area (Å²) >= 11 is 12.0. The average Bonchev–Trinajstić information content (AvgIpc) is 3.45. The van der Waals surface area contributed by atoms with Gasteiger partial charge >= 0.3 is 0 Å². The maximum absolute atomic E-state index is 12.8. The summed E-state index contributed by atoms with van der Waals surface area (Å²) in [6.45, 7) is 2.40. The maximum Gasteiger partial charge on any atom is 0.238 e. The van der Waals surface area contributed by atoms with Gasteiger partial charge in [-0.2, -0.15) is 0 Å². The second-order valence-electron chi connectivity index (χ2n) is 6.76. The summed E-state index contributed by atoms with van der Waals surface area (Å²) in [6, 6.07) is 5.27. The van der Waals surface area contributed by atoms with Gasteiger partial charge in [-0.25, -0.2) is 0 Å². The molecule has 1 aromatic rings. The minimum atomic E-state index is -0.923. The third-order valence-electron chi connectivity index (χ3n) is 5.04. The van der Waals surface area contributed by atoms with E-state index in [4.69, 9.17) is 23.2 Å². The molecule has 1 heterocycles. The first kappa shape index (κ1) is 19.0. The minimum absolute atomic E-state index is 0.120. The molecular weight excluding hydrogens is 377 g/mol. The van der Waals surface area contributed by atoms with Gasteiger partial charge in [-0.1, -0.05) is 29.3 Å². The Kier molecular flexibility index (Phi) is 5.73. The van der Waals surface area contributed by atoms with Crippen LogP contribution in [0.2, 0.25) is 10.0 Å². The molecular formula is C18H21Cl2N3O3. The number of amides is 3. The van der Waals surface area contributed by atoms with Gasteiger partial charge in [-0.05, 0) is 37.0 Å². The summed E-state index contributed by atoms with van der Waals surface area (Å²) in [6.07, 6.45) is 2.52.